The molecule has 0 aliphatic heterocycles. The lowest BCUT2D eigenvalue weighted by molar-refractivity contribution is -0.112. The maximum absolute atomic E-state index is 10.3. The van der Waals surface area contributed by atoms with Crippen molar-refractivity contribution in [2.75, 3.05) is 0 Å². The minimum Gasteiger partial charge on any atom is -0.385 e. The van der Waals surface area contributed by atoms with Gasteiger partial charge in [-0.1, -0.05) is 24.3 Å². The second kappa shape index (κ2) is 3.71. The molecule has 0 spiro atoms. The van der Waals surface area contributed by atoms with E-state index in [1.807, 2.05) is 31.2 Å². The van der Waals surface area contributed by atoms with Crippen molar-refractivity contribution in [3.05, 3.63) is 35.4 Å². The van der Waals surface area contributed by atoms with Gasteiger partial charge in [-0.25, -0.2) is 0 Å². The van der Waals surface area contributed by atoms with Crippen LogP contribution in [-0.2, 0) is 10.4 Å². The predicted octanol–water partition coefficient (Wildman–Crippen LogP) is 1.79. The van der Waals surface area contributed by atoms with Crippen LogP contribution in [0.2, 0.25) is 0 Å². The summed E-state index contributed by atoms with van der Waals surface area (Å²) >= 11 is 0. The number of rotatable bonds is 3. The minimum atomic E-state index is -1.03. The highest BCUT2D eigenvalue weighted by atomic mass is 16.3. The van der Waals surface area contributed by atoms with Gasteiger partial charge in [0.2, 0.25) is 0 Å². The van der Waals surface area contributed by atoms with Crippen molar-refractivity contribution in [1.82, 2.24) is 0 Å². The fourth-order valence-electron chi connectivity index (χ4n) is 1.45. The van der Waals surface area contributed by atoms with Crippen LogP contribution in [0, 0.1) is 6.92 Å². The molecule has 0 heterocycles. The van der Waals surface area contributed by atoms with E-state index in [4.69, 9.17) is 0 Å². The zero-order chi connectivity index (χ0) is 9.90. The van der Waals surface area contributed by atoms with Crippen molar-refractivity contribution in [3.8, 4) is 0 Å². The third-order valence-corrected chi connectivity index (χ3v) is 2.21. The molecule has 0 aromatic heterocycles. The Kier molecular flexibility index (Phi) is 2.83. The zero-order valence-electron chi connectivity index (χ0n) is 7.95. The molecule has 0 saturated carbocycles. The average Bonchev–Trinajstić information content (AvgIpc) is 2.04. The van der Waals surface area contributed by atoms with Crippen LogP contribution in [0.5, 0.6) is 0 Å². The molecule has 0 radical (unpaired) electrons. The topological polar surface area (TPSA) is 37.3 Å². The van der Waals surface area contributed by atoms with Gasteiger partial charge in [0, 0.05) is 6.42 Å². The van der Waals surface area contributed by atoms with Crippen molar-refractivity contribution in [2.45, 2.75) is 25.9 Å². The fourth-order valence-corrected chi connectivity index (χ4v) is 1.45. The third kappa shape index (κ3) is 2.16. The molecule has 1 aromatic carbocycles. The smallest absolute Gasteiger partial charge is 0.123 e. The van der Waals surface area contributed by atoms with Crippen LogP contribution in [-0.4, -0.2) is 11.4 Å². The lowest BCUT2D eigenvalue weighted by Gasteiger charge is -2.22. The van der Waals surface area contributed by atoms with Crippen LogP contribution in [0.1, 0.15) is 24.5 Å². The summed E-state index contributed by atoms with van der Waals surface area (Å²) in [5.41, 5.74) is 0.795. The molecular formula is C11H14O2. The van der Waals surface area contributed by atoms with Crippen LogP contribution >= 0.6 is 0 Å². The first-order chi connectivity index (χ1) is 6.08. The highest BCUT2D eigenvalue weighted by molar-refractivity contribution is 5.53. The Labute approximate surface area is 78.2 Å². The molecular weight excluding hydrogens is 164 g/mol. The zero-order valence-corrected chi connectivity index (χ0v) is 7.95. The number of carbonyl (C=O) groups excluding carboxylic acids is 1. The number of benzene rings is 1. The van der Waals surface area contributed by atoms with E-state index in [9.17, 15) is 9.90 Å². The molecule has 0 saturated heterocycles. The maximum atomic E-state index is 10.3. The minimum absolute atomic E-state index is 0.137. The first-order valence-electron chi connectivity index (χ1n) is 4.30. The SMILES string of the molecule is Cc1ccccc1C(C)(O)CC=O. The Morgan fingerprint density at radius 3 is 2.62 bits per heavy atom. The molecule has 2 heteroatoms. The number of aliphatic hydroxyl groups is 1. The normalized spacial score (nSPS) is 15.0. The highest BCUT2D eigenvalue weighted by Gasteiger charge is 2.23. The van der Waals surface area contributed by atoms with Gasteiger partial charge in [-0.2, -0.15) is 0 Å². The summed E-state index contributed by atoms with van der Waals surface area (Å²) < 4.78 is 0. The third-order valence-electron chi connectivity index (χ3n) is 2.21. The summed E-state index contributed by atoms with van der Waals surface area (Å²) in [6.45, 7) is 3.58. The Morgan fingerprint density at radius 2 is 2.08 bits per heavy atom. The van der Waals surface area contributed by atoms with Gasteiger partial charge in [0.25, 0.3) is 0 Å². The van der Waals surface area contributed by atoms with Crippen LogP contribution < -0.4 is 0 Å². The van der Waals surface area contributed by atoms with E-state index in [1.165, 1.54) is 0 Å². The van der Waals surface area contributed by atoms with Crippen LogP contribution in [0.15, 0.2) is 24.3 Å². The summed E-state index contributed by atoms with van der Waals surface area (Å²) in [4.78, 5) is 10.3. The molecule has 0 bridgehead atoms. The van der Waals surface area contributed by atoms with Crippen molar-refractivity contribution in [1.29, 1.82) is 0 Å². The molecule has 0 fully saturated rings. The van der Waals surface area contributed by atoms with Crippen LogP contribution in [0.3, 0.4) is 0 Å². The van der Waals surface area contributed by atoms with Gasteiger partial charge in [0.1, 0.15) is 6.29 Å². The van der Waals surface area contributed by atoms with Gasteiger partial charge in [0.15, 0.2) is 0 Å². The molecule has 1 rings (SSSR count). The predicted molar refractivity (Wildman–Crippen MR) is 51.4 cm³/mol. The molecule has 1 unspecified atom stereocenters. The summed E-state index contributed by atoms with van der Waals surface area (Å²) in [6, 6.07) is 7.55. The van der Waals surface area contributed by atoms with Gasteiger partial charge in [-0.05, 0) is 25.0 Å². The molecule has 1 N–H and O–H groups in total. The van der Waals surface area contributed by atoms with Crippen molar-refractivity contribution >= 4 is 6.29 Å². The van der Waals surface area contributed by atoms with E-state index in [-0.39, 0.29) is 6.42 Å². The number of carbonyl (C=O) groups is 1. The van der Waals surface area contributed by atoms with E-state index in [0.29, 0.717) is 0 Å². The van der Waals surface area contributed by atoms with Crippen LogP contribution in [0.4, 0.5) is 0 Å². The molecule has 0 amide bonds. The average molecular weight is 178 g/mol. The monoisotopic (exact) mass is 178 g/mol. The molecule has 0 aliphatic carbocycles. The quantitative estimate of drug-likeness (QED) is 0.716. The largest absolute Gasteiger partial charge is 0.385 e. The van der Waals surface area contributed by atoms with E-state index >= 15 is 0 Å². The Balaban J connectivity index is 3.06. The van der Waals surface area contributed by atoms with Gasteiger partial charge in [0.05, 0.1) is 5.60 Å². The van der Waals surface area contributed by atoms with Crippen LogP contribution in [0.25, 0.3) is 0 Å². The number of aryl methyl sites for hydroxylation is 1. The van der Waals surface area contributed by atoms with E-state index in [0.717, 1.165) is 17.4 Å². The summed E-state index contributed by atoms with van der Waals surface area (Å²) in [5, 5.41) is 9.94. The lowest BCUT2D eigenvalue weighted by Crippen LogP contribution is -2.22. The van der Waals surface area contributed by atoms with Crippen molar-refractivity contribution in [2.24, 2.45) is 0 Å². The molecule has 70 valence electrons. The number of hydrogen-bond donors (Lipinski definition) is 1. The molecule has 2 nitrogen and oxygen atoms in total. The first kappa shape index (κ1) is 9.93. The highest BCUT2D eigenvalue weighted by Crippen LogP contribution is 2.25. The van der Waals surface area contributed by atoms with Gasteiger partial charge in [-0.15, -0.1) is 0 Å². The molecule has 1 atom stereocenters. The van der Waals surface area contributed by atoms with E-state index in [2.05, 4.69) is 0 Å². The maximum Gasteiger partial charge on any atom is 0.123 e. The fraction of sp³-hybridized carbons (Fsp3) is 0.364. The van der Waals surface area contributed by atoms with Gasteiger partial charge < -0.3 is 9.90 Å². The molecule has 13 heavy (non-hydrogen) atoms. The second-order valence-electron chi connectivity index (χ2n) is 3.46. The molecule has 1 aromatic rings. The summed E-state index contributed by atoms with van der Waals surface area (Å²) in [6.07, 6.45) is 0.879. The second-order valence-corrected chi connectivity index (χ2v) is 3.46. The lowest BCUT2D eigenvalue weighted by atomic mass is 9.90. The summed E-state index contributed by atoms with van der Waals surface area (Å²) in [5.74, 6) is 0. The standard InChI is InChI=1S/C11H14O2/c1-9-5-3-4-6-10(9)11(2,13)7-8-12/h3-6,8,13H,7H2,1-2H3. The van der Waals surface area contributed by atoms with Gasteiger partial charge >= 0.3 is 0 Å². The molecule has 0 aliphatic rings. The Hall–Kier alpha value is -1.15. The van der Waals surface area contributed by atoms with Crippen molar-refractivity contribution < 1.29 is 9.90 Å². The van der Waals surface area contributed by atoms with E-state index in [1.54, 1.807) is 6.92 Å². The van der Waals surface area contributed by atoms with Crippen molar-refractivity contribution in [3.63, 3.8) is 0 Å². The Bertz CT molecular complexity index is 303. The van der Waals surface area contributed by atoms with Gasteiger partial charge in [-0.3, -0.25) is 0 Å². The number of aldehydes is 1. The number of hydrogen-bond acceptors (Lipinski definition) is 2. The first-order valence-corrected chi connectivity index (χ1v) is 4.30. The summed E-state index contributed by atoms with van der Waals surface area (Å²) in [7, 11) is 0. The Morgan fingerprint density at radius 1 is 1.46 bits per heavy atom. The van der Waals surface area contributed by atoms with E-state index < -0.39 is 5.60 Å².